The number of nitrogens with one attached hydrogen (secondary N) is 1. The lowest BCUT2D eigenvalue weighted by Crippen LogP contribution is -2.22. The van der Waals surface area contributed by atoms with Gasteiger partial charge in [0.25, 0.3) is 5.91 Å². The number of benzene rings is 2. The Morgan fingerprint density at radius 3 is 2.46 bits per heavy atom. The van der Waals surface area contributed by atoms with E-state index in [4.69, 9.17) is 5.73 Å². The average Bonchev–Trinajstić information content (AvgIpc) is 3.09. The molecule has 0 aromatic heterocycles. The maximum absolute atomic E-state index is 12.6. The number of anilines is 2. The molecule has 0 saturated carbocycles. The van der Waals surface area contributed by atoms with Crippen LogP contribution in [0.1, 0.15) is 39.1 Å². The van der Waals surface area contributed by atoms with Crippen LogP contribution in [0.2, 0.25) is 0 Å². The normalized spacial score (nSPS) is 13.8. The highest BCUT2D eigenvalue weighted by Gasteiger charge is 2.19. The molecule has 0 spiro atoms. The van der Waals surface area contributed by atoms with Crippen LogP contribution in [0, 0.1) is 6.92 Å². The Kier molecular flexibility index (Phi) is 4.51. The monoisotopic (exact) mass is 323 g/mol. The van der Waals surface area contributed by atoms with Gasteiger partial charge in [0, 0.05) is 24.2 Å². The molecule has 0 unspecified atom stereocenters. The summed E-state index contributed by atoms with van der Waals surface area (Å²) in [5.41, 5.74) is 8.86. The summed E-state index contributed by atoms with van der Waals surface area (Å²) in [7, 11) is 0. The van der Waals surface area contributed by atoms with Crippen LogP contribution in [0.4, 0.5) is 11.4 Å². The highest BCUT2D eigenvalue weighted by atomic mass is 16.2. The molecule has 0 radical (unpaired) electrons. The van der Waals surface area contributed by atoms with Crippen molar-refractivity contribution in [3.8, 4) is 0 Å². The number of nitrogens with two attached hydrogens (primary N) is 1. The zero-order valence-electron chi connectivity index (χ0n) is 13.7. The highest BCUT2D eigenvalue weighted by Crippen LogP contribution is 2.30. The summed E-state index contributed by atoms with van der Waals surface area (Å²) in [4.78, 5) is 26.3. The van der Waals surface area contributed by atoms with Gasteiger partial charge in [-0.2, -0.15) is 0 Å². The third-order valence-corrected chi connectivity index (χ3v) is 4.37. The summed E-state index contributed by atoms with van der Waals surface area (Å²) in [6, 6.07) is 12.7. The number of carbonyl (C=O) groups excluding carboxylic acids is 2. The van der Waals surface area contributed by atoms with E-state index in [-0.39, 0.29) is 5.91 Å². The molecule has 2 aromatic carbocycles. The fourth-order valence-electron chi connectivity index (χ4n) is 3.04. The molecular formula is C19H21N3O2. The van der Waals surface area contributed by atoms with E-state index in [0.717, 1.165) is 37.2 Å². The van der Waals surface area contributed by atoms with Gasteiger partial charge in [-0.15, -0.1) is 0 Å². The van der Waals surface area contributed by atoms with Gasteiger partial charge in [0.2, 0.25) is 5.91 Å². The van der Waals surface area contributed by atoms with Crippen molar-refractivity contribution in [2.45, 2.75) is 19.8 Å². The first-order chi connectivity index (χ1) is 11.6. The molecule has 5 heteroatoms. The molecule has 3 rings (SSSR count). The second-order valence-corrected chi connectivity index (χ2v) is 6.06. The third kappa shape index (κ3) is 3.25. The van der Waals surface area contributed by atoms with Gasteiger partial charge in [-0.25, -0.2) is 0 Å². The van der Waals surface area contributed by atoms with Crippen molar-refractivity contribution < 1.29 is 9.59 Å². The van der Waals surface area contributed by atoms with E-state index in [0.29, 0.717) is 16.8 Å². The lowest BCUT2D eigenvalue weighted by Gasteiger charge is -2.22. The average molecular weight is 323 g/mol. The molecule has 1 saturated heterocycles. The second-order valence-electron chi connectivity index (χ2n) is 6.06. The van der Waals surface area contributed by atoms with Gasteiger partial charge in [-0.05, 0) is 49.6 Å². The second kappa shape index (κ2) is 6.74. The summed E-state index contributed by atoms with van der Waals surface area (Å²) in [5, 5.41) is 2.95. The third-order valence-electron chi connectivity index (χ3n) is 4.37. The quantitative estimate of drug-likeness (QED) is 0.908. The topological polar surface area (TPSA) is 75.4 Å². The van der Waals surface area contributed by atoms with E-state index in [9.17, 15) is 9.59 Å². The van der Waals surface area contributed by atoms with Crippen LogP contribution in [-0.2, 0) is 0 Å². The van der Waals surface area contributed by atoms with Crippen molar-refractivity contribution in [1.82, 2.24) is 0 Å². The van der Waals surface area contributed by atoms with Crippen LogP contribution in [0.25, 0.3) is 0 Å². The minimum Gasteiger partial charge on any atom is -0.370 e. The molecule has 2 amide bonds. The van der Waals surface area contributed by atoms with E-state index >= 15 is 0 Å². The van der Waals surface area contributed by atoms with Crippen molar-refractivity contribution >= 4 is 23.2 Å². The van der Waals surface area contributed by atoms with Crippen molar-refractivity contribution in [2.75, 3.05) is 23.3 Å². The lowest BCUT2D eigenvalue weighted by atomic mass is 10.1. The smallest absolute Gasteiger partial charge is 0.255 e. The summed E-state index contributed by atoms with van der Waals surface area (Å²) in [6.07, 6.45) is 2.26. The minimum absolute atomic E-state index is 0.185. The highest BCUT2D eigenvalue weighted by molar-refractivity contribution is 6.07. The van der Waals surface area contributed by atoms with Crippen LogP contribution in [-0.4, -0.2) is 24.9 Å². The predicted molar refractivity (Wildman–Crippen MR) is 95.5 cm³/mol. The Morgan fingerprint density at radius 2 is 1.79 bits per heavy atom. The van der Waals surface area contributed by atoms with E-state index in [1.807, 2.05) is 31.2 Å². The number of rotatable bonds is 4. The minimum atomic E-state index is -0.505. The van der Waals surface area contributed by atoms with Crippen LogP contribution >= 0.6 is 0 Å². The van der Waals surface area contributed by atoms with Gasteiger partial charge in [-0.3, -0.25) is 9.59 Å². The number of hydrogen-bond donors (Lipinski definition) is 2. The molecule has 2 aromatic rings. The summed E-state index contributed by atoms with van der Waals surface area (Å²) >= 11 is 0. The van der Waals surface area contributed by atoms with Crippen molar-refractivity contribution in [1.29, 1.82) is 0 Å². The van der Waals surface area contributed by atoms with E-state index in [1.165, 1.54) is 0 Å². The molecule has 5 nitrogen and oxygen atoms in total. The number of hydrogen-bond acceptors (Lipinski definition) is 3. The number of amides is 2. The van der Waals surface area contributed by atoms with Crippen molar-refractivity contribution in [3.05, 3.63) is 59.2 Å². The molecule has 0 bridgehead atoms. The molecule has 1 aliphatic rings. The SMILES string of the molecule is Cc1ccccc1C(=O)Nc1cc(C(N)=O)ccc1N1CCCC1. The number of nitrogens with zero attached hydrogens (tertiary/aromatic N) is 1. The molecular weight excluding hydrogens is 302 g/mol. The van der Waals surface area contributed by atoms with Crippen LogP contribution in [0.3, 0.4) is 0 Å². The zero-order chi connectivity index (χ0) is 17.1. The number of aryl methyl sites for hydroxylation is 1. The lowest BCUT2D eigenvalue weighted by molar-refractivity contribution is 0.0996. The predicted octanol–water partition coefficient (Wildman–Crippen LogP) is 2.95. The van der Waals surface area contributed by atoms with Gasteiger partial charge in [0.15, 0.2) is 0 Å². The Hall–Kier alpha value is -2.82. The Labute approximate surface area is 141 Å². The molecule has 1 heterocycles. The fourth-order valence-corrected chi connectivity index (χ4v) is 3.04. The Balaban J connectivity index is 1.95. The molecule has 24 heavy (non-hydrogen) atoms. The molecule has 0 aliphatic carbocycles. The number of carbonyl (C=O) groups is 2. The zero-order valence-corrected chi connectivity index (χ0v) is 13.7. The van der Waals surface area contributed by atoms with Gasteiger partial charge in [-0.1, -0.05) is 18.2 Å². The summed E-state index contributed by atoms with van der Waals surface area (Å²) in [6.45, 7) is 3.79. The summed E-state index contributed by atoms with van der Waals surface area (Å²) < 4.78 is 0. The van der Waals surface area contributed by atoms with Crippen LogP contribution in [0.15, 0.2) is 42.5 Å². The fraction of sp³-hybridized carbons (Fsp3) is 0.263. The molecule has 3 N–H and O–H groups in total. The van der Waals surface area contributed by atoms with Crippen molar-refractivity contribution in [3.63, 3.8) is 0 Å². The first kappa shape index (κ1) is 16.1. The van der Waals surface area contributed by atoms with Crippen LogP contribution in [0.5, 0.6) is 0 Å². The number of primary amides is 1. The Morgan fingerprint density at radius 1 is 1.08 bits per heavy atom. The molecule has 1 fully saturated rings. The van der Waals surface area contributed by atoms with Gasteiger partial charge < -0.3 is 16.0 Å². The maximum atomic E-state index is 12.6. The standard InChI is InChI=1S/C19H21N3O2/c1-13-6-2-3-7-15(13)19(24)21-16-12-14(18(20)23)8-9-17(16)22-10-4-5-11-22/h2-3,6-9,12H,4-5,10-11H2,1H3,(H2,20,23)(H,21,24). The van der Waals surface area contributed by atoms with Gasteiger partial charge in [0.1, 0.15) is 0 Å². The molecule has 1 aliphatic heterocycles. The van der Waals surface area contributed by atoms with Gasteiger partial charge in [0.05, 0.1) is 11.4 Å². The van der Waals surface area contributed by atoms with Crippen LogP contribution < -0.4 is 16.0 Å². The molecule has 0 atom stereocenters. The first-order valence-electron chi connectivity index (χ1n) is 8.12. The van der Waals surface area contributed by atoms with E-state index in [1.54, 1.807) is 18.2 Å². The van der Waals surface area contributed by atoms with E-state index < -0.39 is 5.91 Å². The molecule has 124 valence electrons. The maximum Gasteiger partial charge on any atom is 0.255 e. The largest absolute Gasteiger partial charge is 0.370 e. The van der Waals surface area contributed by atoms with Crippen molar-refractivity contribution in [2.24, 2.45) is 5.73 Å². The summed E-state index contributed by atoms with van der Waals surface area (Å²) in [5.74, 6) is -0.690. The van der Waals surface area contributed by atoms with E-state index in [2.05, 4.69) is 10.2 Å². The van der Waals surface area contributed by atoms with Gasteiger partial charge >= 0.3 is 0 Å². The first-order valence-corrected chi connectivity index (χ1v) is 8.12. The Bertz CT molecular complexity index is 780.